The van der Waals surface area contributed by atoms with Crippen molar-refractivity contribution in [2.45, 2.75) is 12.6 Å². The van der Waals surface area contributed by atoms with Crippen molar-refractivity contribution in [1.82, 2.24) is 14.5 Å². The van der Waals surface area contributed by atoms with E-state index in [-0.39, 0.29) is 24.3 Å². The van der Waals surface area contributed by atoms with E-state index in [1.807, 2.05) is 54.6 Å². The van der Waals surface area contributed by atoms with Crippen LogP contribution in [0.5, 0.6) is 0 Å². The molecule has 9 nitrogen and oxygen atoms in total. The Labute approximate surface area is 257 Å². The molecule has 0 radical (unpaired) electrons. The molecule has 3 aromatic heterocycles. The zero-order chi connectivity index (χ0) is 30.6. The van der Waals surface area contributed by atoms with Gasteiger partial charge in [-0.2, -0.15) is 5.26 Å². The number of thiophene rings is 1. The summed E-state index contributed by atoms with van der Waals surface area (Å²) >= 11 is 1.36. The van der Waals surface area contributed by atoms with Gasteiger partial charge in [-0.15, -0.1) is 11.3 Å². The molecular formula is C34H26N6O3S. The lowest BCUT2D eigenvalue weighted by atomic mass is 10.1. The van der Waals surface area contributed by atoms with Crippen molar-refractivity contribution in [3.63, 3.8) is 0 Å². The van der Waals surface area contributed by atoms with Gasteiger partial charge in [0.05, 0.1) is 40.2 Å². The van der Waals surface area contributed by atoms with Crippen LogP contribution in [0, 0.1) is 11.3 Å². The summed E-state index contributed by atoms with van der Waals surface area (Å²) in [5.74, 6) is -0.339. The SMILES string of the molecule is CN(C(=O)c1cccc(C#N)c1)c1ccc2c(c1)nc(NC(=O)c1ccc(-c3ccncc3)s1)n2C[C@H](O)c1ccccc1. The predicted octanol–water partition coefficient (Wildman–Crippen LogP) is 6.29. The molecule has 3 aromatic carbocycles. The number of nitrogens with one attached hydrogen (secondary N) is 1. The number of hydrogen-bond donors (Lipinski definition) is 2. The second-order valence-electron chi connectivity index (χ2n) is 10.1. The number of aliphatic hydroxyl groups is 1. The van der Waals surface area contributed by atoms with Gasteiger partial charge in [0.1, 0.15) is 0 Å². The van der Waals surface area contributed by atoms with Gasteiger partial charge in [-0.1, -0.05) is 36.4 Å². The van der Waals surface area contributed by atoms with Gasteiger partial charge in [0, 0.05) is 35.6 Å². The Hall–Kier alpha value is -5.63. The van der Waals surface area contributed by atoms with Gasteiger partial charge in [0.15, 0.2) is 0 Å². The van der Waals surface area contributed by atoms with E-state index in [1.54, 1.807) is 66.5 Å². The van der Waals surface area contributed by atoms with Crippen LogP contribution in [0.25, 0.3) is 21.5 Å². The quantitative estimate of drug-likeness (QED) is 0.212. The lowest BCUT2D eigenvalue weighted by molar-refractivity contribution is 0.0991. The molecule has 3 heterocycles. The molecule has 6 rings (SSSR count). The summed E-state index contributed by atoms with van der Waals surface area (Å²) < 4.78 is 1.77. The fourth-order valence-electron chi connectivity index (χ4n) is 4.89. The second-order valence-corrected chi connectivity index (χ2v) is 11.1. The summed E-state index contributed by atoms with van der Waals surface area (Å²) in [6, 6.07) is 30.7. The number of carbonyl (C=O) groups excluding carboxylic acids is 2. The summed E-state index contributed by atoms with van der Waals surface area (Å²) in [6.07, 6.45) is 2.55. The van der Waals surface area contributed by atoms with Gasteiger partial charge in [-0.25, -0.2) is 4.98 Å². The molecule has 0 unspecified atom stereocenters. The monoisotopic (exact) mass is 598 g/mol. The maximum absolute atomic E-state index is 13.4. The Balaban J connectivity index is 1.33. The topological polar surface area (TPSA) is 124 Å². The van der Waals surface area contributed by atoms with Gasteiger partial charge in [-0.3, -0.25) is 19.9 Å². The van der Waals surface area contributed by atoms with Crippen LogP contribution in [0.2, 0.25) is 0 Å². The minimum Gasteiger partial charge on any atom is -0.387 e. The Morgan fingerprint density at radius 1 is 1.00 bits per heavy atom. The summed E-state index contributed by atoms with van der Waals surface area (Å²) in [4.78, 5) is 38.3. The number of anilines is 2. The summed E-state index contributed by atoms with van der Waals surface area (Å²) in [6.45, 7) is 0.137. The van der Waals surface area contributed by atoms with E-state index >= 15 is 0 Å². The van der Waals surface area contributed by atoms with Gasteiger partial charge >= 0.3 is 0 Å². The average molecular weight is 599 g/mol. The van der Waals surface area contributed by atoms with Crippen molar-refractivity contribution >= 4 is 45.8 Å². The van der Waals surface area contributed by atoms with Gasteiger partial charge in [0.2, 0.25) is 5.95 Å². The number of amides is 2. The summed E-state index contributed by atoms with van der Waals surface area (Å²) in [5, 5.41) is 23.3. The highest BCUT2D eigenvalue weighted by Gasteiger charge is 2.21. The van der Waals surface area contributed by atoms with Crippen LogP contribution in [-0.2, 0) is 6.54 Å². The zero-order valence-corrected chi connectivity index (χ0v) is 24.4. The lowest BCUT2D eigenvalue weighted by Gasteiger charge is -2.18. The Kier molecular flexibility index (Phi) is 7.97. The molecule has 6 aromatic rings. The number of imidazole rings is 1. The first-order valence-electron chi connectivity index (χ1n) is 13.7. The fraction of sp³-hybridized carbons (Fsp3) is 0.0882. The van der Waals surface area contributed by atoms with Gasteiger partial charge < -0.3 is 14.6 Å². The highest BCUT2D eigenvalue weighted by molar-refractivity contribution is 7.17. The molecule has 0 saturated carbocycles. The molecular weight excluding hydrogens is 572 g/mol. The number of nitriles is 1. The van der Waals surface area contributed by atoms with E-state index < -0.39 is 6.10 Å². The molecule has 0 fully saturated rings. The van der Waals surface area contributed by atoms with E-state index in [0.717, 1.165) is 16.0 Å². The third kappa shape index (κ3) is 5.83. The highest BCUT2D eigenvalue weighted by atomic mass is 32.1. The first kappa shape index (κ1) is 28.5. The molecule has 44 heavy (non-hydrogen) atoms. The fourth-order valence-corrected chi connectivity index (χ4v) is 5.79. The number of nitrogens with zero attached hydrogens (tertiary/aromatic N) is 5. The molecule has 0 spiro atoms. The average Bonchev–Trinajstić information content (AvgIpc) is 3.70. The normalized spacial score (nSPS) is 11.6. The van der Waals surface area contributed by atoms with E-state index in [2.05, 4.69) is 16.4 Å². The number of fused-ring (bicyclic) bond motifs is 1. The van der Waals surface area contributed by atoms with Crippen LogP contribution in [0.4, 0.5) is 11.6 Å². The molecule has 2 amide bonds. The Morgan fingerprint density at radius 2 is 1.80 bits per heavy atom. The number of carbonyl (C=O) groups is 2. The van der Waals surface area contributed by atoms with E-state index in [1.165, 1.54) is 16.2 Å². The van der Waals surface area contributed by atoms with E-state index in [0.29, 0.717) is 32.7 Å². The largest absolute Gasteiger partial charge is 0.387 e. The molecule has 2 N–H and O–H groups in total. The number of rotatable bonds is 8. The molecule has 1 atom stereocenters. The third-order valence-corrected chi connectivity index (χ3v) is 8.36. The van der Waals surface area contributed by atoms with Crippen LogP contribution in [0.15, 0.2) is 109 Å². The highest BCUT2D eigenvalue weighted by Crippen LogP contribution is 2.31. The number of pyridine rings is 1. The standard InChI is InChI=1S/C34H26N6O3S/c1-39(33(43)25-9-5-6-22(18-25)20-35)26-10-11-28-27(19-26)37-34(40(28)21-29(41)23-7-3-2-4-8-23)38-32(42)31-13-12-30(44-31)24-14-16-36-17-15-24/h2-19,29,41H,21H2,1H3,(H,37,38,42)/t29-/m0/s1. The minimum absolute atomic E-state index is 0.137. The first-order valence-corrected chi connectivity index (χ1v) is 14.6. The maximum atomic E-state index is 13.4. The maximum Gasteiger partial charge on any atom is 0.268 e. The molecule has 0 aliphatic rings. The van der Waals surface area contributed by atoms with Crippen LogP contribution in [0.1, 0.15) is 37.3 Å². The van der Waals surface area contributed by atoms with Crippen LogP contribution in [-0.4, -0.2) is 38.5 Å². The van der Waals surface area contributed by atoms with Crippen LogP contribution >= 0.6 is 11.3 Å². The van der Waals surface area contributed by atoms with Crippen molar-refractivity contribution in [3.05, 3.63) is 131 Å². The van der Waals surface area contributed by atoms with Crippen molar-refractivity contribution in [2.24, 2.45) is 0 Å². The van der Waals surface area contributed by atoms with Crippen LogP contribution < -0.4 is 10.2 Å². The molecule has 216 valence electrons. The van der Waals surface area contributed by atoms with Crippen LogP contribution in [0.3, 0.4) is 0 Å². The molecule has 10 heteroatoms. The summed E-state index contributed by atoms with van der Waals surface area (Å²) in [7, 11) is 1.65. The lowest BCUT2D eigenvalue weighted by Crippen LogP contribution is -2.26. The smallest absolute Gasteiger partial charge is 0.268 e. The number of benzene rings is 3. The number of hydrogen-bond acceptors (Lipinski definition) is 7. The van der Waals surface area contributed by atoms with Crippen molar-refractivity contribution < 1.29 is 14.7 Å². The third-order valence-electron chi connectivity index (χ3n) is 7.22. The minimum atomic E-state index is -0.861. The molecule has 0 bridgehead atoms. The summed E-state index contributed by atoms with van der Waals surface area (Å²) in [5.41, 5.74) is 4.27. The second kappa shape index (κ2) is 12.3. The van der Waals surface area contributed by atoms with E-state index in [4.69, 9.17) is 4.98 Å². The van der Waals surface area contributed by atoms with Gasteiger partial charge in [0.25, 0.3) is 11.8 Å². The van der Waals surface area contributed by atoms with Gasteiger partial charge in [-0.05, 0) is 71.8 Å². The Morgan fingerprint density at radius 3 is 2.57 bits per heavy atom. The molecule has 0 aliphatic heterocycles. The van der Waals surface area contributed by atoms with Crippen molar-refractivity contribution in [2.75, 3.05) is 17.3 Å². The van der Waals surface area contributed by atoms with Crippen molar-refractivity contribution in [1.29, 1.82) is 5.26 Å². The number of aromatic nitrogens is 3. The van der Waals surface area contributed by atoms with E-state index in [9.17, 15) is 20.0 Å². The molecule has 0 aliphatic carbocycles. The predicted molar refractivity (Wildman–Crippen MR) is 171 cm³/mol. The zero-order valence-electron chi connectivity index (χ0n) is 23.6. The molecule has 0 saturated heterocycles. The number of aliphatic hydroxyl groups excluding tert-OH is 1. The first-order chi connectivity index (χ1) is 21.4. The van der Waals surface area contributed by atoms with Crippen molar-refractivity contribution in [3.8, 4) is 16.5 Å². The Bertz CT molecular complexity index is 2010.